The molecule has 2 heterocycles. The van der Waals surface area contributed by atoms with Crippen LogP contribution in [0.15, 0.2) is 55.1 Å². The number of aromatic nitrogens is 4. The molecule has 0 saturated carbocycles. The molecule has 0 aliphatic carbocycles. The van der Waals surface area contributed by atoms with Crippen LogP contribution in [0.2, 0.25) is 0 Å². The topological polar surface area (TPSA) is 56.9 Å². The third kappa shape index (κ3) is 4.48. The number of hydrogen-bond donors (Lipinski definition) is 1. The summed E-state index contributed by atoms with van der Waals surface area (Å²) in [5.41, 5.74) is 1.23. The van der Waals surface area contributed by atoms with Gasteiger partial charge in [0, 0.05) is 44.4 Å². The van der Waals surface area contributed by atoms with Crippen LogP contribution >= 0.6 is 0 Å². The van der Waals surface area contributed by atoms with E-state index in [0.717, 1.165) is 18.1 Å². The third-order valence-electron chi connectivity index (χ3n) is 4.51. The van der Waals surface area contributed by atoms with Crippen LogP contribution in [0.3, 0.4) is 0 Å². The minimum Gasteiger partial charge on any atom is -0.486 e. The summed E-state index contributed by atoms with van der Waals surface area (Å²) < 4.78 is 9.72. The highest BCUT2D eigenvalue weighted by atomic mass is 16.5. The molecule has 132 valence electrons. The Kier molecular flexibility index (Phi) is 5.50. The van der Waals surface area contributed by atoms with E-state index in [4.69, 9.17) is 4.74 Å². The van der Waals surface area contributed by atoms with E-state index in [1.165, 1.54) is 5.56 Å². The Morgan fingerprint density at radius 2 is 1.92 bits per heavy atom. The van der Waals surface area contributed by atoms with Crippen molar-refractivity contribution >= 4 is 0 Å². The maximum atomic E-state index is 5.78. The third-order valence-corrected chi connectivity index (χ3v) is 4.51. The first kappa shape index (κ1) is 17.2. The lowest BCUT2D eigenvalue weighted by atomic mass is 10.1. The molecule has 1 N–H and O–H groups in total. The average molecular weight is 339 g/mol. The Morgan fingerprint density at radius 3 is 2.56 bits per heavy atom. The van der Waals surface area contributed by atoms with Gasteiger partial charge in [-0.1, -0.05) is 12.1 Å². The van der Waals surface area contributed by atoms with Crippen LogP contribution in [-0.2, 0) is 20.2 Å². The van der Waals surface area contributed by atoms with Gasteiger partial charge in [-0.15, -0.1) is 0 Å². The van der Waals surface area contributed by atoms with Gasteiger partial charge in [0.05, 0.1) is 6.04 Å². The lowest BCUT2D eigenvalue weighted by Gasteiger charge is -2.22. The van der Waals surface area contributed by atoms with Gasteiger partial charge in [-0.25, -0.2) is 4.98 Å². The van der Waals surface area contributed by atoms with Gasteiger partial charge in [-0.3, -0.25) is 4.68 Å². The summed E-state index contributed by atoms with van der Waals surface area (Å²) in [4.78, 5) is 4.26. The summed E-state index contributed by atoms with van der Waals surface area (Å²) in [7, 11) is 1.96. The van der Waals surface area contributed by atoms with E-state index in [9.17, 15) is 0 Å². The molecule has 0 aliphatic heterocycles. The number of benzene rings is 1. The summed E-state index contributed by atoms with van der Waals surface area (Å²) in [5.74, 6) is 1.76. The molecular formula is C19H25N5O. The Morgan fingerprint density at radius 1 is 1.12 bits per heavy atom. The molecule has 0 fully saturated rings. The van der Waals surface area contributed by atoms with Gasteiger partial charge in [0.2, 0.25) is 0 Å². The number of rotatable bonds is 8. The molecule has 3 aromatic rings. The number of hydrogen-bond acceptors (Lipinski definition) is 4. The second-order valence-electron chi connectivity index (χ2n) is 6.28. The predicted octanol–water partition coefficient (Wildman–Crippen LogP) is 2.93. The van der Waals surface area contributed by atoms with Crippen molar-refractivity contribution in [2.24, 2.45) is 7.05 Å². The van der Waals surface area contributed by atoms with E-state index in [1.54, 1.807) is 6.20 Å². The Bertz CT molecular complexity index is 763. The van der Waals surface area contributed by atoms with E-state index in [1.807, 2.05) is 53.1 Å². The summed E-state index contributed by atoms with van der Waals surface area (Å²) >= 11 is 0. The molecule has 1 aromatic carbocycles. The van der Waals surface area contributed by atoms with Gasteiger partial charge in [0.25, 0.3) is 0 Å². The second kappa shape index (κ2) is 7.98. The van der Waals surface area contributed by atoms with Crippen LogP contribution in [0.4, 0.5) is 0 Å². The zero-order valence-electron chi connectivity index (χ0n) is 15.0. The van der Waals surface area contributed by atoms with Crippen molar-refractivity contribution in [3.8, 4) is 5.75 Å². The molecule has 3 rings (SSSR count). The molecule has 25 heavy (non-hydrogen) atoms. The molecule has 0 spiro atoms. The zero-order chi connectivity index (χ0) is 17.6. The van der Waals surface area contributed by atoms with E-state index < -0.39 is 0 Å². The molecule has 0 bridgehead atoms. The van der Waals surface area contributed by atoms with Gasteiger partial charge < -0.3 is 14.6 Å². The Balaban J connectivity index is 1.48. The van der Waals surface area contributed by atoms with E-state index in [0.29, 0.717) is 18.7 Å². The quantitative estimate of drug-likeness (QED) is 0.685. The lowest BCUT2D eigenvalue weighted by Crippen LogP contribution is -2.33. The maximum Gasteiger partial charge on any atom is 0.146 e. The van der Waals surface area contributed by atoms with Crippen molar-refractivity contribution in [3.63, 3.8) is 0 Å². The van der Waals surface area contributed by atoms with Gasteiger partial charge in [-0.05, 0) is 37.6 Å². The van der Waals surface area contributed by atoms with Gasteiger partial charge in [-0.2, -0.15) is 5.10 Å². The smallest absolute Gasteiger partial charge is 0.146 e. The first-order chi connectivity index (χ1) is 12.1. The highest BCUT2D eigenvalue weighted by Gasteiger charge is 2.13. The molecule has 6 nitrogen and oxygen atoms in total. The van der Waals surface area contributed by atoms with Crippen molar-refractivity contribution in [2.75, 3.05) is 0 Å². The monoisotopic (exact) mass is 339 g/mol. The summed E-state index contributed by atoms with van der Waals surface area (Å²) in [6.07, 6.45) is 7.50. The van der Waals surface area contributed by atoms with E-state index >= 15 is 0 Å². The Labute approximate surface area is 148 Å². The molecular weight excluding hydrogens is 314 g/mol. The highest BCUT2D eigenvalue weighted by Crippen LogP contribution is 2.15. The van der Waals surface area contributed by atoms with Crippen molar-refractivity contribution in [2.45, 2.75) is 39.1 Å². The normalized spacial score (nSPS) is 13.6. The fourth-order valence-corrected chi connectivity index (χ4v) is 2.59. The van der Waals surface area contributed by atoms with E-state index in [-0.39, 0.29) is 0 Å². The summed E-state index contributed by atoms with van der Waals surface area (Å²) in [6.45, 7) is 5.63. The molecule has 6 heteroatoms. The molecule has 0 radical (unpaired) electrons. The summed E-state index contributed by atoms with van der Waals surface area (Å²) in [5, 5.41) is 7.86. The fourth-order valence-electron chi connectivity index (χ4n) is 2.59. The number of ether oxygens (including phenoxy) is 1. The van der Waals surface area contributed by atoms with Gasteiger partial charge >= 0.3 is 0 Å². The van der Waals surface area contributed by atoms with E-state index in [2.05, 4.69) is 41.4 Å². The molecule has 0 saturated heterocycles. The van der Waals surface area contributed by atoms with Crippen LogP contribution < -0.4 is 10.1 Å². The summed E-state index contributed by atoms with van der Waals surface area (Å²) in [6, 6.07) is 10.8. The minimum atomic E-state index is 0.301. The first-order valence-electron chi connectivity index (χ1n) is 8.54. The van der Waals surface area contributed by atoms with Gasteiger partial charge in [0.1, 0.15) is 18.2 Å². The predicted molar refractivity (Wildman–Crippen MR) is 97.2 cm³/mol. The number of aryl methyl sites for hydroxylation is 1. The van der Waals surface area contributed by atoms with Crippen molar-refractivity contribution < 1.29 is 4.74 Å². The van der Waals surface area contributed by atoms with Crippen molar-refractivity contribution in [1.82, 2.24) is 24.6 Å². The van der Waals surface area contributed by atoms with Crippen LogP contribution in [0.25, 0.3) is 0 Å². The van der Waals surface area contributed by atoms with Crippen LogP contribution in [0.1, 0.15) is 31.3 Å². The second-order valence-corrected chi connectivity index (χ2v) is 6.28. The number of imidazole rings is 1. The number of nitrogens with zero attached hydrogens (tertiary/aromatic N) is 4. The highest BCUT2D eigenvalue weighted by molar-refractivity contribution is 5.27. The average Bonchev–Trinajstić information content (AvgIpc) is 3.30. The Hall–Kier alpha value is -2.60. The van der Waals surface area contributed by atoms with Crippen LogP contribution in [0.5, 0.6) is 5.75 Å². The van der Waals surface area contributed by atoms with Crippen molar-refractivity contribution in [1.29, 1.82) is 0 Å². The van der Waals surface area contributed by atoms with Crippen LogP contribution in [0, 0.1) is 0 Å². The molecule has 0 aliphatic rings. The number of nitrogens with one attached hydrogen (secondary N) is 1. The minimum absolute atomic E-state index is 0.301. The molecule has 2 aromatic heterocycles. The molecule has 2 atom stereocenters. The SMILES string of the molecule is C[C@H](NCc1ccc(OCc2nccn2C)cc1)[C@H](C)n1cccn1. The lowest BCUT2D eigenvalue weighted by molar-refractivity contribution is 0.291. The maximum absolute atomic E-state index is 5.78. The van der Waals surface area contributed by atoms with Gasteiger partial charge in [0.15, 0.2) is 0 Å². The zero-order valence-corrected chi connectivity index (χ0v) is 15.0. The van der Waals surface area contributed by atoms with Crippen molar-refractivity contribution in [3.05, 3.63) is 66.5 Å². The first-order valence-corrected chi connectivity index (χ1v) is 8.54. The molecule has 0 unspecified atom stereocenters. The van der Waals surface area contributed by atoms with Crippen LogP contribution in [-0.4, -0.2) is 25.4 Å². The fraction of sp³-hybridized carbons (Fsp3) is 0.368. The molecule has 0 amide bonds. The largest absolute Gasteiger partial charge is 0.486 e. The standard InChI is InChI=1S/C19H25N5O/c1-15(16(2)24-11-4-9-22-24)21-13-17-5-7-18(8-6-17)25-14-19-20-10-12-23(19)3/h4-12,15-16,21H,13-14H2,1-3H3/t15-,16-/m0/s1.